The molecule has 1 aromatic rings. The molecule has 0 spiro atoms. The molecule has 0 radical (unpaired) electrons. The van der Waals surface area contributed by atoms with E-state index in [1.807, 2.05) is 38.1 Å². The number of carbonyl (C=O) groups excluding carboxylic acids is 2. The first-order valence-electron chi connectivity index (χ1n) is 7.72. The summed E-state index contributed by atoms with van der Waals surface area (Å²) in [5, 5.41) is 11.4. The maximum atomic E-state index is 12.5. The van der Waals surface area contributed by atoms with E-state index in [1.54, 1.807) is 18.9 Å². The lowest BCUT2D eigenvalue weighted by Gasteiger charge is -2.30. The molecule has 0 aliphatic heterocycles. The molecule has 1 unspecified atom stereocenters. The number of nitrogens with zero attached hydrogens (tertiary/aromatic N) is 1. The van der Waals surface area contributed by atoms with E-state index in [2.05, 4.69) is 5.32 Å². The summed E-state index contributed by atoms with van der Waals surface area (Å²) in [7, 11) is 1.59. The number of rotatable bonds is 8. The van der Waals surface area contributed by atoms with Gasteiger partial charge in [-0.3, -0.25) is 9.59 Å². The van der Waals surface area contributed by atoms with Crippen LogP contribution in [0.4, 0.5) is 0 Å². The van der Waals surface area contributed by atoms with Gasteiger partial charge >= 0.3 is 0 Å². The number of hydrogen-bond donors (Lipinski definition) is 2. The first-order valence-corrected chi connectivity index (χ1v) is 7.72. The highest BCUT2D eigenvalue weighted by Crippen LogP contribution is 2.16. The van der Waals surface area contributed by atoms with Gasteiger partial charge in [0.25, 0.3) is 0 Å². The van der Waals surface area contributed by atoms with Crippen molar-refractivity contribution in [2.24, 2.45) is 5.92 Å². The summed E-state index contributed by atoms with van der Waals surface area (Å²) in [6.07, 6.45) is 0. The third kappa shape index (κ3) is 5.56. The van der Waals surface area contributed by atoms with E-state index in [-0.39, 0.29) is 30.9 Å². The van der Waals surface area contributed by atoms with Crippen molar-refractivity contribution >= 4 is 11.8 Å². The molecule has 6 heteroatoms. The first kappa shape index (κ1) is 19.0. The molecule has 1 rings (SSSR count). The summed E-state index contributed by atoms with van der Waals surface area (Å²) in [5.41, 5.74) is 0.918. The van der Waals surface area contributed by atoms with Gasteiger partial charge in [-0.05, 0) is 24.6 Å². The predicted molar refractivity (Wildman–Crippen MR) is 87.9 cm³/mol. The summed E-state index contributed by atoms with van der Waals surface area (Å²) in [5.74, 6) is 0.166. The molecule has 6 nitrogen and oxygen atoms in total. The van der Waals surface area contributed by atoms with Crippen LogP contribution in [0.25, 0.3) is 0 Å². The average molecular weight is 322 g/mol. The van der Waals surface area contributed by atoms with Crippen LogP contribution >= 0.6 is 0 Å². The Hall–Kier alpha value is -2.08. The summed E-state index contributed by atoms with van der Waals surface area (Å²) in [6.45, 7) is 5.69. The van der Waals surface area contributed by atoms with E-state index in [1.165, 1.54) is 0 Å². The minimum Gasteiger partial charge on any atom is -0.497 e. The van der Waals surface area contributed by atoms with Crippen LogP contribution in [0.3, 0.4) is 0 Å². The number of ether oxygens (including phenoxy) is 1. The zero-order valence-electron chi connectivity index (χ0n) is 14.2. The van der Waals surface area contributed by atoms with Gasteiger partial charge in [0.15, 0.2) is 0 Å². The number of aliphatic hydroxyl groups excluding tert-OH is 1. The van der Waals surface area contributed by atoms with Crippen LogP contribution in [0, 0.1) is 5.92 Å². The largest absolute Gasteiger partial charge is 0.497 e. The van der Waals surface area contributed by atoms with Crippen molar-refractivity contribution in [3.8, 4) is 5.75 Å². The number of amides is 2. The number of hydrogen-bond acceptors (Lipinski definition) is 4. The molecule has 1 atom stereocenters. The van der Waals surface area contributed by atoms with E-state index >= 15 is 0 Å². The fraction of sp³-hybridized carbons (Fsp3) is 0.529. The van der Waals surface area contributed by atoms with Crippen LogP contribution in [-0.4, -0.2) is 48.1 Å². The van der Waals surface area contributed by atoms with E-state index in [0.717, 1.165) is 11.3 Å². The molecule has 1 aromatic carbocycles. The van der Waals surface area contributed by atoms with Crippen LogP contribution in [0.2, 0.25) is 0 Å². The second-order valence-corrected chi connectivity index (χ2v) is 5.66. The third-order valence-electron chi connectivity index (χ3n) is 3.55. The first-order chi connectivity index (χ1) is 10.9. The van der Waals surface area contributed by atoms with E-state index in [4.69, 9.17) is 9.84 Å². The number of nitrogens with one attached hydrogen (secondary N) is 1. The SMILES string of the molecule is COc1ccc(CN(C(=O)C(C)C)C(C)C(=O)NCCO)cc1. The Kier molecular flexibility index (Phi) is 7.54. The van der Waals surface area contributed by atoms with Crippen LogP contribution in [-0.2, 0) is 16.1 Å². The highest BCUT2D eigenvalue weighted by Gasteiger charge is 2.27. The summed E-state index contributed by atoms with van der Waals surface area (Å²) in [6, 6.07) is 6.78. The molecule has 0 aliphatic rings. The van der Waals surface area contributed by atoms with Crippen molar-refractivity contribution in [3.63, 3.8) is 0 Å². The number of benzene rings is 1. The van der Waals surface area contributed by atoms with Crippen molar-refractivity contribution in [1.29, 1.82) is 0 Å². The summed E-state index contributed by atoms with van der Waals surface area (Å²) >= 11 is 0. The van der Waals surface area contributed by atoms with Crippen LogP contribution < -0.4 is 10.1 Å². The van der Waals surface area contributed by atoms with Gasteiger partial charge in [-0.1, -0.05) is 26.0 Å². The molecule has 0 heterocycles. The van der Waals surface area contributed by atoms with Crippen molar-refractivity contribution < 1.29 is 19.4 Å². The van der Waals surface area contributed by atoms with Gasteiger partial charge in [-0.25, -0.2) is 0 Å². The smallest absolute Gasteiger partial charge is 0.242 e. The standard InChI is InChI=1S/C17H26N2O4/c1-12(2)17(22)19(13(3)16(21)18-9-10-20)11-14-5-7-15(23-4)8-6-14/h5-8,12-13,20H,9-11H2,1-4H3,(H,18,21). The maximum Gasteiger partial charge on any atom is 0.242 e. The zero-order chi connectivity index (χ0) is 17.4. The van der Waals surface area contributed by atoms with Crippen LogP contribution in [0.1, 0.15) is 26.3 Å². The molecule has 2 amide bonds. The number of aliphatic hydroxyl groups is 1. The van der Waals surface area contributed by atoms with E-state index < -0.39 is 6.04 Å². The summed E-state index contributed by atoms with van der Waals surface area (Å²) < 4.78 is 5.12. The molecule has 0 aromatic heterocycles. The molecule has 0 aliphatic carbocycles. The molecule has 2 N–H and O–H groups in total. The average Bonchev–Trinajstić information content (AvgIpc) is 2.56. The Labute approximate surface area is 137 Å². The molecular weight excluding hydrogens is 296 g/mol. The number of methoxy groups -OCH3 is 1. The lowest BCUT2D eigenvalue weighted by atomic mass is 10.1. The predicted octanol–water partition coefficient (Wildman–Crippen LogP) is 1.18. The van der Waals surface area contributed by atoms with E-state index in [0.29, 0.717) is 6.54 Å². The lowest BCUT2D eigenvalue weighted by Crippen LogP contribution is -2.49. The maximum absolute atomic E-state index is 12.5. The molecule has 0 bridgehead atoms. The fourth-order valence-electron chi connectivity index (χ4n) is 2.13. The lowest BCUT2D eigenvalue weighted by molar-refractivity contribution is -0.143. The normalized spacial score (nSPS) is 11.9. The van der Waals surface area contributed by atoms with Crippen molar-refractivity contribution in [2.45, 2.75) is 33.4 Å². The molecular formula is C17H26N2O4. The van der Waals surface area contributed by atoms with Gasteiger partial charge in [0.1, 0.15) is 11.8 Å². The minimum atomic E-state index is -0.612. The molecule has 128 valence electrons. The van der Waals surface area contributed by atoms with Gasteiger partial charge in [0.2, 0.25) is 11.8 Å². The molecule has 23 heavy (non-hydrogen) atoms. The fourth-order valence-corrected chi connectivity index (χ4v) is 2.13. The van der Waals surface area contributed by atoms with Gasteiger partial charge in [-0.2, -0.15) is 0 Å². The second-order valence-electron chi connectivity index (χ2n) is 5.66. The van der Waals surface area contributed by atoms with E-state index in [9.17, 15) is 9.59 Å². The molecule has 0 saturated carbocycles. The minimum absolute atomic E-state index is 0.0903. The van der Waals surface area contributed by atoms with Gasteiger partial charge in [0.05, 0.1) is 13.7 Å². The second kappa shape index (κ2) is 9.15. The molecule has 0 fully saturated rings. The Morgan fingerprint density at radius 1 is 1.22 bits per heavy atom. The van der Waals surface area contributed by atoms with Gasteiger partial charge < -0.3 is 20.1 Å². The van der Waals surface area contributed by atoms with Gasteiger partial charge in [0, 0.05) is 19.0 Å². The summed E-state index contributed by atoms with van der Waals surface area (Å²) in [4.78, 5) is 26.1. The Bertz CT molecular complexity index is 514. The highest BCUT2D eigenvalue weighted by molar-refractivity contribution is 5.88. The Morgan fingerprint density at radius 2 is 1.83 bits per heavy atom. The van der Waals surface area contributed by atoms with Crippen LogP contribution in [0.15, 0.2) is 24.3 Å². The van der Waals surface area contributed by atoms with Crippen molar-refractivity contribution in [1.82, 2.24) is 10.2 Å². The Balaban J connectivity index is 2.90. The zero-order valence-corrected chi connectivity index (χ0v) is 14.2. The monoisotopic (exact) mass is 322 g/mol. The topological polar surface area (TPSA) is 78.9 Å². The van der Waals surface area contributed by atoms with Crippen LogP contribution in [0.5, 0.6) is 5.75 Å². The Morgan fingerprint density at radius 3 is 2.30 bits per heavy atom. The third-order valence-corrected chi connectivity index (χ3v) is 3.55. The number of carbonyl (C=O) groups is 2. The highest BCUT2D eigenvalue weighted by atomic mass is 16.5. The van der Waals surface area contributed by atoms with Crippen molar-refractivity contribution in [3.05, 3.63) is 29.8 Å². The van der Waals surface area contributed by atoms with Gasteiger partial charge in [-0.15, -0.1) is 0 Å². The molecule has 0 saturated heterocycles. The van der Waals surface area contributed by atoms with Crippen molar-refractivity contribution in [2.75, 3.05) is 20.3 Å². The quantitative estimate of drug-likeness (QED) is 0.753.